The van der Waals surface area contributed by atoms with Gasteiger partial charge in [0.15, 0.2) is 6.10 Å². The monoisotopic (exact) mass is 354 g/mol. The Kier molecular flexibility index (Phi) is 4.74. The molecule has 0 aromatic carbocycles. The van der Waals surface area contributed by atoms with Gasteiger partial charge in [-0.25, -0.2) is 9.59 Å². The summed E-state index contributed by atoms with van der Waals surface area (Å²) in [5.74, 6) is -1.13. The van der Waals surface area contributed by atoms with Crippen molar-refractivity contribution in [3.63, 3.8) is 0 Å². The molecule has 4 atom stereocenters. The molecule has 4 amide bonds. The molecule has 0 bridgehead atoms. The Balaban J connectivity index is 1.39. The van der Waals surface area contributed by atoms with Crippen molar-refractivity contribution in [1.29, 1.82) is 5.41 Å². The number of fused-ring (bicyclic) bond motifs is 1. The topological polar surface area (TPSA) is 137 Å². The van der Waals surface area contributed by atoms with Crippen molar-refractivity contribution in [2.45, 2.75) is 49.1 Å². The van der Waals surface area contributed by atoms with E-state index in [0.717, 1.165) is 12.2 Å². The number of hydrogen-bond acceptors (Lipinski definition) is 7. The van der Waals surface area contributed by atoms with E-state index >= 15 is 0 Å². The molecule has 1 unspecified atom stereocenters. The number of carbonyl (C=O) groups is 4. The van der Waals surface area contributed by atoms with Crippen molar-refractivity contribution >= 4 is 41.3 Å². The molecule has 9 nitrogen and oxygen atoms in total. The van der Waals surface area contributed by atoms with Gasteiger partial charge in [0.05, 0.1) is 18.5 Å². The van der Waals surface area contributed by atoms with E-state index < -0.39 is 23.9 Å². The van der Waals surface area contributed by atoms with Crippen molar-refractivity contribution in [3.05, 3.63) is 0 Å². The minimum Gasteiger partial charge on any atom is -0.447 e. The van der Waals surface area contributed by atoms with Crippen LogP contribution in [0.1, 0.15) is 25.7 Å². The number of esters is 1. The molecular formula is C14H18N4O5S. The molecule has 3 fully saturated rings. The smallest absolute Gasteiger partial charge is 0.352 e. The van der Waals surface area contributed by atoms with Crippen molar-refractivity contribution in [2.75, 3.05) is 5.75 Å². The molecule has 0 aliphatic carbocycles. The van der Waals surface area contributed by atoms with Gasteiger partial charge >= 0.3 is 12.0 Å². The molecule has 0 aromatic heterocycles. The van der Waals surface area contributed by atoms with E-state index in [2.05, 4.69) is 10.6 Å². The molecule has 3 rings (SSSR count). The number of amides is 4. The maximum atomic E-state index is 11.8. The molecule has 4 N–H and O–H groups in total. The first kappa shape index (κ1) is 16.7. The summed E-state index contributed by atoms with van der Waals surface area (Å²) >= 11 is 1.77. The molecule has 3 heterocycles. The van der Waals surface area contributed by atoms with Crippen LogP contribution in [-0.2, 0) is 19.1 Å². The molecule has 3 aliphatic heterocycles. The number of urea groups is 1. The number of thioether (sulfide) groups is 1. The quantitative estimate of drug-likeness (QED) is 0.215. The number of rotatable bonds is 6. The van der Waals surface area contributed by atoms with E-state index in [4.69, 9.17) is 10.1 Å². The Morgan fingerprint density at radius 3 is 2.79 bits per heavy atom. The summed E-state index contributed by atoms with van der Waals surface area (Å²) in [6.45, 7) is 0. The van der Waals surface area contributed by atoms with Crippen molar-refractivity contribution < 1.29 is 23.9 Å². The van der Waals surface area contributed by atoms with E-state index in [-0.39, 0.29) is 41.9 Å². The Labute approximate surface area is 142 Å². The van der Waals surface area contributed by atoms with Crippen LogP contribution in [0.25, 0.3) is 0 Å². The van der Waals surface area contributed by atoms with Gasteiger partial charge in [-0.2, -0.15) is 11.8 Å². The molecule has 3 saturated heterocycles. The second-order valence-electron chi connectivity index (χ2n) is 6.00. The van der Waals surface area contributed by atoms with Crippen LogP contribution in [-0.4, -0.2) is 58.7 Å². The van der Waals surface area contributed by atoms with Crippen LogP contribution in [0.3, 0.4) is 0 Å². The van der Waals surface area contributed by atoms with Crippen molar-refractivity contribution in [1.82, 2.24) is 16.0 Å². The van der Waals surface area contributed by atoms with Gasteiger partial charge in [-0.3, -0.25) is 20.3 Å². The highest BCUT2D eigenvalue weighted by Crippen LogP contribution is 2.33. The number of imide groups is 1. The fourth-order valence-corrected chi connectivity index (χ4v) is 4.59. The summed E-state index contributed by atoms with van der Waals surface area (Å²) in [4.78, 5) is 45.5. The maximum Gasteiger partial charge on any atom is 0.352 e. The zero-order valence-corrected chi connectivity index (χ0v) is 13.6. The Hall–Kier alpha value is -2.10. The molecular weight excluding hydrogens is 336 g/mol. The summed E-state index contributed by atoms with van der Waals surface area (Å²) in [5, 5.41) is 15.8. The number of nitrogens with one attached hydrogen (secondary N) is 4. The standard InChI is InChI=1S/C14H18N4O5S/c15-6(13(21)23-8-4-10(19)17-12(8)20)2-1-3-9-11-7(5-24-9)16-14(22)18-11/h7-9,11,15H,1-5H2,(H2,16,18,22)(H,17,19,20)/t7-,8?,9-,11-/m0/s1. The maximum absolute atomic E-state index is 11.8. The Morgan fingerprint density at radius 1 is 1.29 bits per heavy atom. The second-order valence-corrected chi connectivity index (χ2v) is 7.28. The van der Waals surface area contributed by atoms with E-state index in [1.807, 2.05) is 5.32 Å². The molecule has 24 heavy (non-hydrogen) atoms. The summed E-state index contributed by atoms with van der Waals surface area (Å²) in [7, 11) is 0. The summed E-state index contributed by atoms with van der Waals surface area (Å²) in [6.07, 6.45) is 0.298. The van der Waals surface area contributed by atoms with Gasteiger partial charge in [-0.05, 0) is 19.3 Å². The van der Waals surface area contributed by atoms with Crippen LogP contribution in [0.5, 0.6) is 0 Å². The van der Waals surface area contributed by atoms with Gasteiger partial charge in [0, 0.05) is 11.0 Å². The van der Waals surface area contributed by atoms with E-state index in [0.29, 0.717) is 6.42 Å². The van der Waals surface area contributed by atoms with Crippen LogP contribution in [0, 0.1) is 5.41 Å². The molecule has 0 spiro atoms. The number of ether oxygens (including phenoxy) is 1. The first-order valence-electron chi connectivity index (χ1n) is 7.75. The predicted molar refractivity (Wildman–Crippen MR) is 84.7 cm³/mol. The third-order valence-corrected chi connectivity index (χ3v) is 5.78. The van der Waals surface area contributed by atoms with Crippen LogP contribution in [0.4, 0.5) is 4.79 Å². The molecule has 3 aliphatic rings. The van der Waals surface area contributed by atoms with Crippen LogP contribution < -0.4 is 16.0 Å². The van der Waals surface area contributed by atoms with E-state index in [9.17, 15) is 19.2 Å². The summed E-state index contributed by atoms with van der Waals surface area (Å²) < 4.78 is 4.89. The molecule has 130 valence electrons. The predicted octanol–water partition coefficient (Wildman–Crippen LogP) is -0.700. The fourth-order valence-electron chi connectivity index (χ4n) is 3.05. The lowest BCUT2D eigenvalue weighted by molar-refractivity contribution is -0.147. The number of hydrogen-bond donors (Lipinski definition) is 4. The van der Waals surface area contributed by atoms with Crippen molar-refractivity contribution in [3.8, 4) is 0 Å². The van der Waals surface area contributed by atoms with E-state index in [1.165, 1.54) is 0 Å². The van der Waals surface area contributed by atoms with Gasteiger partial charge in [-0.1, -0.05) is 0 Å². The zero-order chi connectivity index (χ0) is 17.3. The molecule has 0 radical (unpaired) electrons. The summed E-state index contributed by atoms with van der Waals surface area (Å²) in [5.41, 5.74) is -0.213. The lowest BCUT2D eigenvalue weighted by Gasteiger charge is -2.16. The van der Waals surface area contributed by atoms with Crippen LogP contribution >= 0.6 is 11.8 Å². The Morgan fingerprint density at radius 2 is 2.08 bits per heavy atom. The highest BCUT2D eigenvalue weighted by Gasteiger charge is 2.42. The highest BCUT2D eigenvalue weighted by molar-refractivity contribution is 8.00. The van der Waals surface area contributed by atoms with Gasteiger partial charge in [0.2, 0.25) is 5.91 Å². The first-order valence-corrected chi connectivity index (χ1v) is 8.79. The molecule has 10 heteroatoms. The second kappa shape index (κ2) is 6.80. The molecule has 0 saturated carbocycles. The fraction of sp³-hybridized carbons (Fsp3) is 0.643. The zero-order valence-electron chi connectivity index (χ0n) is 12.8. The van der Waals surface area contributed by atoms with Gasteiger partial charge in [-0.15, -0.1) is 0 Å². The van der Waals surface area contributed by atoms with Crippen LogP contribution in [0.15, 0.2) is 0 Å². The SMILES string of the molecule is N=C(CCC[C@@H]1SC[C@@H]2NC(=O)N[C@@H]21)C(=O)OC1CC(=O)NC1=O. The first-order chi connectivity index (χ1) is 11.4. The average Bonchev–Trinajstić information content (AvgIpc) is 3.15. The Bertz CT molecular complexity index is 610. The number of carbonyl (C=O) groups excluding carboxylic acids is 4. The largest absolute Gasteiger partial charge is 0.447 e. The van der Waals surface area contributed by atoms with Crippen LogP contribution in [0.2, 0.25) is 0 Å². The lowest BCUT2D eigenvalue weighted by Crippen LogP contribution is -2.36. The molecule has 0 aromatic rings. The van der Waals surface area contributed by atoms with Gasteiger partial charge in [0.1, 0.15) is 5.71 Å². The highest BCUT2D eigenvalue weighted by atomic mass is 32.2. The minimum absolute atomic E-state index is 0.0943. The third-order valence-electron chi connectivity index (χ3n) is 4.28. The normalized spacial score (nSPS) is 31.2. The lowest BCUT2D eigenvalue weighted by atomic mass is 10.0. The van der Waals surface area contributed by atoms with Gasteiger partial charge < -0.3 is 15.4 Å². The van der Waals surface area contributed by atoms with E-state index in [1.54, 1.807) is 11.8 Å². The van der Waals surface area contributed by atoms with Gasteiger partial charge in [0.25, 0.3) is 5.91 Å². The average molecular weight is 354 g/mol. The summed E-state index contributed by atoms with van der Waals surface area (Å²) in [6, 6.07) is 0.100. The minimum atomic E-state index is -1.13. The third kappa shape index (κ3) is 3.53. The van der Waals surface area contributed by atoms with Crippen molar-refractivity contribution in [2.24, 2.45) is 0 Å².